The highest BCUT2D eigenvalue weighted by Gasteiger charge is 1.92. The summed E-state index contributed by atoms with van der Waals surface area (Å²) in [5, 5.41) is 0. The molecule has 0 unspecified atom stereocenters. The van der Waals surface area contributed by atoms with Gasteiger partial charge in [-0.15, -0.1) is 0 Å². The van der Waals surface area contributed by atoms with E-state index in [0.29, 0.717) is 0 Å². The fourth-order valence-corrected chi connectivity index (χ4v) is 2.38. The fourth-order valence-electron chi connectivity index (χ4n) is 0.744. The summed E-state index contributed by atoms with van der Waals surface area (Å²) in [6, 6.07) is 6.09. The molecule has 0 spiro atoms. The molecule has 1 aromatic carbocycles. The van der Waals surface area contributed by atoms with Crippen molar-refractivity contribution in [2.24, 2.45) is 0 Å². The zero-order valence-electron chi connectivity index (χ0n) is 5.52. The molecule has 0 nitrogen and oxygen atoms in total. The summed E-state index contributed by atoms with van der Waals surface area (Å²) in [7, 11) is 0. The molecule has 0 atom stereocenters. The summed E-state index contributed by atoms with van der Waals surface area (Å²) in [5.41, 5.74) is 1.16. The van der Waals surface area contributed by atoms with Gasteiger partial charge in [-0.05, 0) is 34.8 Å². The van der Waals surface area contributed by atoms with Crippen molar-refractivity contribution in [1.82, 2.24) is 0 Å². The lowest BCUT2D eigenvalue weighted by Crippen LogP contribution is -1.72. The quantitative estimate of drug-likeness (QED) is 0.702. The van der Waals surface area contributed by atoms with Crippen LogP contribution >= 0.6 is 47.8 Å². The van der Waals surface area contributed by atoms with Gasteiger partial charge in [-0.25, -0.2) is 0 Å². The van der Waals surface area contributed by atoms with Crippen molar-refractivity contribution < 1.29 is 0 Å². The van der Waals surface area contributed by atoms with Crippen LogP contribution in [-0.4, -0.2) is 0 Å². The normalized spacial score (nSPS) is 10.8. The largest absolute Gasteiger partial charge is 0.0595 e. The molecule has 0 amide bonds. The van der Waals surface area contributed by atoms with E-state index in [0.717, 1.165) is 14.5 Å². The van der Waals surface area contributed by atoms with Gasteiger partial charge in [0, 0.05) is 8.95 Å². The smallest absolute Gasteiger partial charge is 0.0192 e. The van der Waals surface area contributed by atoms with E-state index in [1.165, 1.54) is 0 Å². The van der Waals surface area contributed by atoms with E-state index in [2.05, 4.69) is 47.8 Å². The Morgan fingerprint density at radius 2 is 1.55 bits per heavy atom. The van der Waals surface area contributed by atoms with E-state index in [9.17, 15) is 0 Å². The molecule has 58 valence electrons. The molecule has 0 aliphatic carbocycles. The third-order valence-corrected chi connectivity index (χ3v) is 2.32. The van der Waals surface area contributed by atoms with Gasteiger partial charge < -0.3 is 0 Å². The number of halogens is 3. The Balaban J connectivity index is 3.08. The van der Waals surface area contributed by atoms with E-state index in [1.807, 2.05) is 29.3 Å². The van der Waals surface area contributed by atoms with Gasteiger partial charge in [0.15, 0.2) is 0 Å². The lowest BCUT2D eigenvalue weighted by Gasteiger charge is -1.95. The third kappa shape index (κ3) is 3.09. The van der Waals surface area contributed by atoms with Gasteiger partial charge in [0.1, 0.15) is 0 Å². The van der Waals surface area contributed by atoms with Gasteiger partial charge >= 0.3 is 0 Å². The lowest BCUT2D eigenvalue weighted by molar-refractivity contribution is 1.57. The molecule has 0 aliphatic rings. The molecular weight excluding hydrogens is 336 g/mol. The summed E-state index contributed by atoms with van der Waals surface area (Å²) < 4.78 is 2.15. The molecule has 3 heteroatoms. The Kier molecular flexibility index (Phi) is 3.82. The summed E-state index contributed by atoms with van der Waals surface area (Å²) in [6.45, 7) is 0. The number of hydrogen-bond acceptors (Lipinski definition) is 0. The number of rotatable bonds is 1. The highest BCUT2D eigenvalue weighted by Crippen LogP contribution is 2.20. The Bertz CT molecular complexity index is 258. The van der Waals surface area contributed by atoms with E-state index in [1.54, 1.807) is 0 Å². The van der Waals surface area contributed by atoms with E-state index in [-0.39, 0.29) is 0 Å². The van der Waals surface area contributed by atoms with Crippen LogP contribution in [0, 0.1) is 0 Å². The molecule has 1 aromatic rings. The molecule has 0 saturated carbocycles. The average Bonchev–Trinajstić information content (AvgIpc) is 1.85. The van der Waals surface area contributed by atoms with Crippen LogP contribution in [-0.2, 0) is 0 Å². The van der Waals surface area contributed by atoms with Crippen LogP contribution in [0.25, 0.3) is 6.08 Å². The first-order valence-electron chi connectivity index (χ1n) is 2.95. The molecule has 11 heavy (non-hydrogen) atoms. The molecule has 0 radical (unpaired) electrons. The van der Waals surface area contributed by atoms with Crippen LogP contribution < -0.4 is 0 Å². The number of benzene rings is 1. The maximum Gasteiger partial charge on any atom is 0.0192 e. The predicted molar refractivity (Wildman–Crippen MR) is 59.8 cm³/mol. The SMILES string of the molecule is BrC=Cc1cc(Br)cc(Br)c1. The summed E-state index contributed by atoms with van der Waals surface area (Å²) in [4.78, 5) is 1.83. The summed E-state index contributed by atoms with van der Waals surface area (Å²) in [6.07, 6.45) is 1.98. The van der Waals surface area contributed by atoms with Gasteiger partial charge in [0.25, 0.3) is 0 Å². The molecule has 0 fully saturated rings. The van der Waals surface area contributed by atoms with E-state index >= 15 is 0 Å². The Morgan fingerprint density at radius 1 is 1.00 bits per heavy atom. The maximum atomic E-state index is 3.40. The van der Waals surface area contributed by atoms with Crippen LogP contribution in [0.15, 0.2) is 32.1 Å². The van der Waals surface area contributed by atoms with Crippen molar-refractivity contribution in [3.8, 4) is 0 Å². The second kappa shape index (κ2) is 4.43. The first-order chi connectivity index (χ1) is 5.22. The Morgan fingerprint density at radius 3 is 2.00 bits per heavy atom. The first-order valence-corrected chi connectivity index (χ1v) is 5.45. The first kappa shape index (κ1) is 9.49. The van der Waals surface area contributed by atoms with Crippen molar-refractivity contribution in [3.63, 3.8) is 0 Å². The molecule has 0 bridgehead atoms. The van der Waals surface area contributed by atoms with Crippen LogP contribution in [0.5, 0.6) is 0 Å². The van der Waals surface area contributed by atoms with Gasteiger partial charge in [-0.3, -0.25) is 0 Å². The fraction of sp³-hybridized carbons (Fsp3) is 0. The van der Waals surface area contributed by atoms with Gasteiger partial charge in [0.2, 0.25) is 0 Å². The van der Waals surface area contributed by atoms with Crippen molar-refractivity contribution in [2.75, 3.05) is 0 Å². The zero-order valence-corrected chi connectivity index (χ0v) is 10.3. The van der Waals surface area contributed by atoms with Crippen LogP contribution in [0.4, 0.5) is 0 Å². The van der Waals surface area contributed by atoms with E-state index in [4.69, 9.17) is 0 Å². The van der Waals surface area contributed by atoms with Gasteiger partial charge in [-0.2, -0.15) is 0 Å². The van der Waals surface area contributed by atoms with Crippen molar-refractivity contribution in [1.29, 1.82) is 0 Å². The van der Waals surface area contributed by atoms with Crippen molar-refractivity contribution in [2.45, 2.75) is 0 Å². The van der Waals surface area contributed by atoms with Crippen LogP contribution in [0.2, 0.25) is 0 Å². The van der Waals surface area contributed by atoms with Gasteiger partial charge in [-0.1, -0.05) is 47.8 Å². The summed E-state index contributed by atoms with van der Waals surface area (Å²) in [5.74, 6) is 0. The van der Waals surface area contributed by atoms with Crippen LogP contribution in [0.1, 0.15) is 5.56 Å². The minimum absolute atomic E-state index is 1.08. The summed E-state index contributed by atoms with van der Waals surface area (Å²) >= 11 is 10.0. The molecule has 0 heterocycles. The maximum absolute atomic E-state index is 3.40. The second-order valence-corrected chi connectivity index (χ2v) is 4.36. The average molecular weight is 341 g/mol. The highest BCUT2D eigenvalue weighted by molar-refractivity contribution is 9.11. The third-order valence-electron chi connectivity index (χ3n) is 1.14. The highest BCUT2D eigenvalue weighted by atomic mass is 79.9. The minimum Gasteiger partial charge on any atom is -0.0595 e. The Hall–Kier alpha value is 0.400. The topological polar surface area (TPSA) is 0 Å². The molecular formula is C8H5Br3. The Labute approximate surface area is 91.1 Å². The van der Waals surface area contributed by atoms with Crippen molar-refractivity contribution >= 4 is 53.9 Å². The molecule has 1 rings (SSSR count). The standard InChI is InChI=1S/C8H5Br3/c9-2-1-6-3-7(10)5-8(11)4-6/h1-5H. The predicted octanol–water partition coefficient (Wildman–Crippen LogP) is 4.58. The second-order valence-electron chi connectivity index (χ2n) is 2.00. The lowest BCUT2D eigenvalue weighted by atomic mass is 10.2. The molecule has 0 N–H and O–H groups in total. The molecule has 0 aromatic heterocycles. The van der Waals surface area contributed by atoms with Gasteiger partial charge in [0.05, 0.1) is 0 Å². The zero-order chi connectivity index (χ0) is 8.27. The van der Waals surface area contributed by atoms with E-state index < -0.39 is 0 Å². The molecule has 0 aliphatic heterocycles. The van der Waals surface area contributed by atoms with Crippen molar-refractivity contribution in [3.05, 3.63) is 37.7 Å². The minimum atomic E-state index is 1.08. The van der Waals surface area contributed by atoms with Crippen LogP contribution in [0.3, 0.4) is 0 Å². The molecule has 0 saturated heterocycles. The number of hydrogen-bond donors (Lipinski definition) is 0. The monoisotopic (exact) mass is 338 g/mol.